The van der Waals surface area contributed by atoms with Gasteiger partial charge in [0.1, 0.15) is 0 Å². The molecule has 0 bridgehead atoms. The predicted octanol–water partition coefficient (Wildman–Crippen LogP) is 3.07. The number of aromatic nitrogens is 4. The Labute approximate surface area is 221 Å². The molecule has 3 heterocycles. The van der Waals surface area contributed by atoms with Gasteiger partial charge in [0.15, 0.2) is 0 Å². The second-order valence-corrected chi connectivity index (χ2v) is 9.43. The lowest BCUT2D eigenvalue weighted by Crippen LogP contribution is -2.37. The van der Waals surface area contributed by atoms with Crippen molar-refractivity contribution >= 4 is 45.6 Å². The molecule has 38 heavy (non-hydrogen) atoms. The van der Waals surface area contributed by atoms with Gasteiger partial charge in [-0.2, -0.15) is 0 Å². The Morgan fingerprint density at radius 2 is 1.55 bits per heavy atom. The van der Waals surface area contributed by atoms with Crippen molar-refractivity contribution in [3.63, 3.8) is 0 Å². The van der Waals surface area contributed by atoms with Gasteiger partial charge < -0.3 is 25.1 Å². The lowest BCUT2D eigenvalue weighted by atomic mass is 10.0. The average molecular weight is 542 g/mol. The van der Waals surface area contributed by atoms with Gasteiger partial charge in [0.25, 0.3) is 0 Å². The van der Waals surface area contributed by atoms with Crippen molar-refractivity contribution < 1.29 is 19.8 Å². The van der Waals surface area contributed by atoms with Crippen LogP contribution in [-0.4, -0.2) is 65.8 Å². The molecule has 2 aromatic heterocycles. The number of hydrogen-bond donors (Lipinski definition) is 4. The van der Waals surface area contributed by atoms with Crippen LogP contribution in [0, 0.1) is 0 Å². The summed E-state index contributed by atoms with van der Waals surface area (Å²) in [5.41, 5.74) is 3.44. The summed E-state index contributed by atoms with van der Waals surface area (Å²) in [6.07, 6.45) is 3.90. The number of halogens is 1. The van der Waals surface area contributed by atoms with E-state index in [0.29, 0.717) is 23.7 Å². The van der Waals surface area contributed by atoms with Crippen LogP contribution in [0.15, 0.2) is 64.2 Å². The standard InChI is InChI=1S/C22H24ClN5O2.C4H4O4/c23-15-6-7-20-18(14-15)25-22(30)28(20)16-8-12-26(13-9-16)10-3-11-27-19-5-2-1-4-17(19)24-21(27)29;5-3(6)1-2-4(7)8/h1-2,4-7,14,16H,3,8-13H2,(H,24,29)(H,25,30);1-2H,(H,5,6)(H,7,8)/b;2-1-. The van der Waals surface area contributed by atoms with E-state index in [9.17, 15) is 19.2 Å². The number of nitrogens with zero attached hydrogens (tertiary/aromatic N) is 3. The van der Waals surface area contributed by atoms with Crippen molar-refractivity contribution in [2.45, 2.75) is 31.8 Å². The maximum atomic E-state index is 12.5. The van der Waals surface area contributed by atoms with Gasteiger partial charge in [-0.25, -0.2) is 19.2 Å². The first kappa shape index (κ1) is 27.0. The number of likely N-dealkylation sites (tertiary alicyclic amines) is 1. The zero-order valence-corrected chi connectivity index (χ0v) is 21.2. The Morgan fingerprint density at radius 3 is 2.24 bits per heavy atom. The van der Waals surface area contributed by atoms with Crippen LogP contribution < -0.4 is 11.4 Å². The number of aryl methyl sites for hydroxylation is 1. The molecular formula is C26H28ClN5O6. The van der Waals surface area contributed by atoms with E-state index in [1.807, 2.05) is 45.5 Å². The minimum Gasteiger partial charge on any atom is -0.478 e. The number of carbonyl (C=O) groups is 2. The highest BCUT2D eigenvalue weighted by atomic mass is 35.5. The normalized spacial score (nSPS) is 14.7. The van der Waals surface area contributed by atoms with Gasteiger partial charge >= 0.3 is 23.3 Å². The second kappa shape index (κ2) is 12.0. The van der Waals surface area contributed by atoms with E-state index in [0.717, 1.165) is 61.0 Å². The molecule has 1 aliphatic heterocycles. The molecule has 0 atom stereocenters. The third-order valence-electron chi connectivity index (χ3n) is 6.51. The van der Waals surface area contributed by atoms with Crippen molar-refractivity contribution in [1.29, 1.82) is 0 Å². The molecule has 1 aliphatic rings. The average Bonchev–Trinajstić information content (AvgIpc) is 3.38. The molecule has 0 saturated carbocycles. The quantitative estimate of drug-likeness (QED) is 0.262. The molecule has 0 aliphatic carbocycles. The first-order chi connectivity index (χ1) is 18.2. The number of hydrogen-bond acceptors (Lipinski definition) is 5. The minimum atomic E-state index is -1.26. The maximum Gasteiger partial charge on any atom is 0.328 e. The molecule has 200 valence electrons. The number of nitrogens with one attached hydrogen (secondary N) is 2. The summed E-state index contributed by atoms with van der Waals surface area (Å²) in [6, 6.07) is 13.5. The molecule has 4 aromatic rings. The van der Waals surface area contributed by atoms with Crippen LogP contribution in [0.1, 0.15) is 25.3 Å². The summed E-state index contributed by atoms with van der Waals surface area (Å²) in [6.45, 7) is 3.53. The number of piperidine rings is 1. The Morgan fingerprint density at radius 1 is 0.895 bits per heavy atom. The molecule has 2 aromatic carbocycles. The number of benzene rings is 2. The SMILES string of the molecule is O=C(O)/C=C\C(=O)O.O=c1[nH]c2ccccc2n1CCCN1CCC(n2c(=O)[nH]c3cc(Cl)ccc32)CC1. The lowest BCUT2D eigenvalue weighted by molar-refractivity contribution is -0.134. The highest BCUT2D eigenvalue weighted by Crippen LogP contribution is 2.26. The molecular weight excluding hydrogens is 514 g/mol. The maximum absolute atomic E-state index is 12.5. The number of imidazole rings is 2. The fourth-order valence-electron chi connectivity index (χ4n) is 4.79. The van der Waals surface area contributed by atoms with E-state index >= 15 is 0 Å². The zero-order valence-electron chi connectivity index (χ0n) is 20.5. The molecule has 11 nitrogen and oxygen atoms in total. The van der Waals surface area contributed by atoms with Gasteiger partial charge in [0, 0.05) is 42.9 Å². The number of carboxylic acids is 2. The topological polar surface area (TPSA) is 153 Å². The molecule has 1 fully saturated rings. The van der Waals surface area contributed by atoms with Crippen molar-refractivity contribution in [2.24, 2.45) is 0 Å². The summed E-state index contributed by atoms with van der Waals surface area (Å²) < 4.78 is 3.70. The van der Waals surface area contributed by atoms with E-state index in [4.69, 9.17) is 21.8 Å². The van der Waals surface area contributed by atoms with Crippen molar-refractivity contribution in [3.05, 3.63) is 80.6 Å². The van der Waals surface area contributed by atoms with Crippen LogP contribution in [0.2, 0.25) is 5.02 Å². The summed E-state index contributed by atoms with van der Waals surface area (Å²) in [5.74, 6) is -2.51. The molecule has 1 saturated heterocycles. The first-order valence-corrected chi connectivity index (χ1v) is 12.5. The van der Waals surface area contributed by atoms with Gasteiger partial charge in [-0.3, -0.25) is 9.13 Å². The molecule has 12 heteroatoms. The third kappa shape index (κ3) is 6.42. The fraction of sp³-hybridized carbons (Fsp3) is 0.308. The van der Waals surface area contributed by atoms with E-state index in [1.165, 1.54) is 0 Å². The van der Waals surface area contributed by atoms with E-state index in [2.05, 4.69) is 14.9 Å². The van der Waals surface area contributed by atoms with E-state index < -0.39 is 11.9 Å². The fourth-order valence-corrected chi connectivity index (χ4v) is 4.96. The van der Waals surface area contributed by atoms with Crippen molar-refractivity contribution in [2.75, 3.05) is 19.6 Å². The summed E-state index contributed by atoms with van der Waals surface area (Å²) in [5, 5.41) is 16.2. The number of fused-ring (bicyclic) bond motifs is 2. The van der Waals surface area contributed by atoms with Crippen molar-refractivity contribution in [1.82, 2.24) is 24.0 Å². The smallest absolute Gasteiger partial charge is 0.328 e. The third-order valence-corrected chi connectivity index (χ3v) is 6.74. The lowest BCUT2D eigenvalue weighted by Gasteiger charge is -2.32. The molecule has 4 N–H and O–H groups in total. The zero-order chi connectivity index (χ0) is 27.2. The van der Waals surface area contributed by atoms with Crippen LogP contribution in [-0.2, 0) is 16.1 Å². The number of H-pyrrole nitrogens is 2. The Balaban J connectivity index is 0.000000368. The number of para-hydroxylation sites is 2. The van der Waals surface area contributed by atoms with Gasteiger partial charge in [-0.05, 0) is 56.1 Å². The van der Waals surface area contributed by atoms with Gasteiger partial charge in [0.2, 0.25) is 0 Å². The monoisotopic (exact) mass is 541 g/mol. The minimum absolute atomic E-state index is 0.0475. The second-order valence-electron chi connectivity index (χ2n) is 9.00. The molecule has 0 amide bonds. The largest absolute Gasteiger partial charge is 0.478 e. The molecule has 5 rings (SSSR count). The van der Waals surface area contributed by atoms with Crippen LogP contribution in [0.3, 0.4) is 0 Å². The number of aliphatic carboxylic acids is 2. The Hall–Kier alpha value is -4.09. The van der Waals surface area contributed by atoms with Gasteiger partial charge in [-0.15, -0.1) is 0 Å². The molecule has 0 radical (unpaired) electrons. The summed E-state index contributed by atoms with van der Waals surface area (Å²) in [7, 11) is 0. The van der Waals surface area contributed by atoms with Crippen LogP contribution >= 0.6 is 11.6 Å². The number of aromatic amines is 2. The summed E-state index contributed by atoms with van der Waals surface area (Å²) in [4.78, 5) is 52.1. The van der Waals surface area contributed by atoms with Gasteiger partial charge in [0.05, 0.1) is 22.1 Å². The molecule has 0 spiro atoms. The predicted molar refractivity (Wildman–Crippen MR) is 144 cm³/mol. The highest BCUT2D eigenvalue weighted by Gasteiger charge is 2.23. The van der Waals surface area contributed by atoms with Crippen molar-refractivity contribution in [3.8, 4) is 0 Å². The van der Waals surface area contributed by atoms with E-state index in [-0.39, 0.29) is 17.4 Å². The van der Waals surface area contributed by atoms with Crippen LogP contribution in [0.4, 0.5) is 0 Å². The number of rotatable bonds is 7. The van der Waals surface area contributed by atoms with Gasteiger partial charge in [-0.1, -0.05) is 23.7 Å². The van der Waals surface area contributed by atoms with E-state index in [1.54, 1.807) is 6.07 Å². The summed E-state index contributed by atoms with van der Waals surface area (Å²) >= 11 is 6.05. The Kier molecular flexibility index (Phi) is 8.49. The van der Waals surface area contributed by atoms with Crippen LogP contribution in [0.5, 0.6) is 0 Å². The number of carboxylic acid groups (broad SMARTS) is 2. The molecule has 0 unspecified atom stereocenters. The first-order valence-electron chi connectivity index (χ1n) is 12.2. The Bertz CT molecular complexity index is 1570. The van der Waals surface area contributed by atoms with Crippen LogP contribution in [0.25, 0.3) is 22.1 Å². The highest BCUT2D eigenvalue weighted by molar-refractivity contribution is 6.31.